The van der Waals surface area contributed by atoms with E-state index in [0.717, 1.165) is 22.3 Å². The van der Waals surface area contributed by atoms with Gasteiger partial charge in [-0.05, 0) is 25.0 Å². The molecule has 0 radical (unpaired) electrons. The maximum atomic E-state index is 4.48. The Labute approximate surface area is 104 Å². The molecule has 88 valence electrons. The van der Waals surface area contributed by atoms with Crippen LogP contribution in [0.3, 0.4) is 0 Å². The predicted molar refractivity (Wildman–Crippen MR) is 69.0 cm³/mol. The Morgan fingerprint density at radius 3 is 2.89 bits per heavy atom. The molecule has 4 rings (SSSR count). The van der Waals surface area contributed by atoms with E-state index in [4.69, 9.17) is 0 Å². The summed E-state index contributed by atoms with van der Waals surface area (Å²) in [5.41, 5.74) is 2.06. The Balaban J connectivity index is 1.98. The highest BCUT2D eigenvalue weighted by Gasteiger charge is 2.27. The fourth-order valence-electron chi connectivity index (χ4n) is 2.34. The second-order valence-corrected chi connectivity index (χ2v) is 4.67. The minimum absolute atomic E-state index is 0.578. The smallest absolute Gasteiger partial charge is 0.166 e. The minimum Gasteiger partial charge on any atom is -0.310 e. The number of benzene rings is 1. The van der Waals surface area contributed by atoms with Crippen molar-refractivity contribution in [2.45, 2.75) is 18.9 Å². The van der Waals surface area contributed by atoms with Crippen molar-refractivity contribution in [2.24, 2.45) is 0 Å². The van der Waals surface area contributed by atoms with Crippen molar-refractivity contribution in [3.8, 4) is 11.4 Å². The van der Waals surface area contributed by atoms with Gasteiger partial charge >= 0.3 is 0 Å². The Morgan fingerprint density at radius 1 is 1.11 bits per heavy atom. The topological polar surface area (TPSA) is 43.6 Å². The summed E-state index contributed by atoms with van der Waals surface area (Å²) in [4.78, 5) is 4.48. The molecule has 0 spiro atoms. The van der Waals surface area contributed by atoms with Crippen molar-refractivity contribution in [3.63, 3.8) is 0 Å². The first-order valence-corrected chi connectivity index (χ1v) is 6.17. The zero-order valence-electron chi connectivity index (χ0n) is 9.82. The van der Waals surface area contributed by atoms with Gasteiger partial charge in [0.2, 0.25) is 0 Å². The second-order valence-electron chi connectivity index (χ2n) is 4.67. The van der Waals surface area contributed by atoms with Gasteiger partial charge in [-0.3, -0.25) is 4.98 Å². The van der Waals surface area contributed by atoms with Crippen molar-refractivity contribution >= 4 is 10.9 Å². The van der Waals surface area contributed by atoms with E-state index in [1.165, 1.54) is 12.8 Å². The van der Waals surface area contributed by atoms with E-state index >= 15 is 0 Å². The van der Waals surface area contributed by atoms with E-state index in [9.17, 15) is 0 Å². The lowest BCUT2D eigenvalue weighted by Crippen LogP contribution is -1.97. The normalized spacial score (nSPS) is 15.1. The van der Waals surface area contributed by atoms with Gasteiger partial charge in [-0.1, -0.05) is 18.2 Å². The Kier molecular flexibility index (Phi) is 1.97. The highest BCUT2D eigenvalue weighted by atomic mass is 15.3. The van der Waals surface area contributed by atoms with Gasteiger partial charge in [-0.15, -0.1) is 10.2 Å². The number of hydrogen-bond donors (Lipinski definition) is 0. The molecule has 1 aliphatic carbocycles. The van der Waals surface area contributed by atoms with Gasteiger partial charge in [0.05, 0.1) is 5.52 Å². The van der Waals surface area contributed by atoms with Gasteiger partial charge in [0.1, 0.15) is 6.33 Å². The highest BCUT2D eigenvalue weighted by molar-refractivity contribution is 5.91. The average molecular weight is 236 g/mol. The van der Waals surface area contributed by atoms with E-state index in [1.54, 1.807) is 0 Å². The van der Waals surface area contributed by atoms with E-state index in [1.807, 2.05) is 24.7 Å². The molecule has 0 amide bonds. The molecule has 0 aliphatic heterocycles. The molecule has 0 bridgehead atoms. The van der Waals surface area contributed by atoms with Gasteiger partial charge < -0.3 is 4.57 Å². The van der Waals surface area contributed by atoms with Crippen LogP contribution in [-0.2, 0) is 0 Å². The third kappa shape index (κ3) is 1.42. The van der Waals surface area contributed by atoms with Crippen LogP contribution in [0.15, 0.2) is 42.9 Å². The molecule has 0 atom stereocenters. The maximum absolute atomic E-state index is 4.48. The molecule has 3 aromatic rings. The summed E-state index contributed by atoms with van der Waals surface area (Å²) in [6.07, 6.45) is 6.10. The van der Waals surface area contributed by atoms with Gasteiger partial charge in [0.15, 0.2) is 5.82 Å². The first-order valence-electron chi connectivity index (χ1n) is 6.17. The SMILES string of the molecule is c1cnc2c(-c3nncn3C3CC3)cccc2c1. The van der Waals surface area contributed by atoms with Crippen LogP contribution >= 0.6 is 0 Å². The van der Waals surface area contributed by atoms with Crippen molar-refractivity contribution in [2.75, 3.05) is 0 Å². The van der Waals surface area contributed by atoms with Crippen LogP contribution in [0.2, 0.25) is 0 Å². The van der Waals surface area contributed by atoms with Gasteiger partial charge in [0, 0.05) is 23.2 Å². The monoisotopic (exact) mass is 236 g/mol. The molecular formula is C14H12N4. The number of pyridine rings is 1. The lowest BCUT2D eigenvalue weighted by molar-refractivity contribution is 0.746. The molecule has 1 aromatic carbocycles. The van der Waals surface area contributed by atoms with Gasteiger partial charge in [-0.25, -0.2) is 0 Å². The summed E-state index contributed by atoms with van der Waals surface area (Å²) in [6.45, 7) is 0. The number of para-hydroxylation sites is 1. The molecule has 2 aromatic heterocycles. The molecule has 0 unspecified atom stereocenters. The van der Waals surface area contributed by atoms with E-state index in [-0.39, 0.29) is 0 Å². The largest absolute Gasteiger partial charge is 0.310 e. The van der Waals surface area contributed by atoms with Crippen LogP contribution in [0.25, 0.3) is 22.3 Å². The lowest BCUT2D eigenvalue weighted by atomic mass is 10.1. The zero-order valence-corrected chi connectivity index (χ0v) is 9.82. The lowest BCUT2D eigenvalue weighted by Gasteiger charge is -2.07. The summed E-state index contributed by atoms with van der Waals surface area (Å²) >= 11 is 0. The number of nitrogens with zero attached hydrogens (tertiary/aromatic N) is 4. The van der Waals surface area contributed by atoms with Crippen molar-refractivity contribution in [1.82, 2.24) is 19.7 Å². The quantitative estimate of drug-likeness (QED) is 0.687. The van der Waals surface area contributed by atoms with Crippen LogP contribution in [0.1, 0.15) is 18.9 Å². The fraction of sp³-hybridized carbons (Fsp3) is 0.214. The molecule has 1 saturated carbocycles. The number of aromatic nitrogens is 4. The van der Waals surface area contributed by atoms with Crippen molar-refractivity contribution in [3.05, 3.63) is 42.9 Å². The van der Waals surface area contributed by atoms with Crippen molar-refractivity contribution < 1.29 is 0 Å². The summed E-state index contributed by atoms with van der Waals surface area (Å²) in [5, 5.41) is 9.46. The van der Waals surface area contributed by atoms with Crippen LogP contribution in [0.4, 0.5) is 0 Å². The Morgan fingerprint density at radius 2 is 2.00 bits per heavy atom. The zero-order chi connectivity index (χ0) is 11.9. The standard InChI is InChI=1S/C14H12N4/c1-3-10-4-2-8-15-13(10)12(5-1)14-17-16-9-18(14)11-6-7-11/h1-5,8-9,11H,6-7H2. The molecule has 1 aliphatic rings. The van der Waals surface area contributed by atoms with E-state index in [2.05, 4.69) is 37.9 Å². The van der Waals surface area contributed by atoms with Crippen molar-refractivity contribution in [1.29, 1.82) is 0 Å². The molecule has 2 heterocycles. The molecule has 0 saturated heterocycles. The van der Waals surface area contributed by atoms with Crippen LogP contribution in [-0.4, -0.2) is 19.7 Å². The fourth-order valence-corrected chi connectivity index (χ4v) is 2.34. The average Bonchev–Trinajstić information content (AvgIpc) is 3.16. The number of fused-ring (bicyclic) bond motifs is 1. The molecular weight excluding hydrogens is 224 g/mol. The Hall–Kier alpha value is -2.23. The second kappa shape index (κ2) is 3.63. The maximum Gasteiger partial charge on any atom is 0.166 e. The van der Waals surface area contributed by atoms with Crippen LogP contribution in [0, 0.1) is 0 Å². The number of rotatable bonds is 2. The molecule has 4 heteroatoms. The third-order valence-corrected chi connectivity index (χ3v) is 3.39. The van der Waals surface area contributed by atoms with E-state index < -0.39 is 0 Å². The summed E-state index contributed by atoms with van der Waals surface area (Å²) in [7, 11) is 0. The minimum atomic E-state index is 0.578. The number of hydrogen-bond acceptors (Lipinski definition) is 3. The first kappa shape index (κ1) is 9.76. The molecule has 1 fully saturated rings. The molecule has 18 heavy (non-hydrogen) atoms. The molecule has 4 nitrogen and oxygen atoms in total. The summed E-state index contributed by atoms with van der Waals surface area (Å²) < 4.78 is 2.17. The summed E-state index contributed by atoms with van der Waals surface area (Å²) in [5.74, 6) is 0.932. The van der Waals surface area contributed by atoms with Gasteiger partial charge in [-0.2, -0.15) is 0 Å². The Bertz CT molecular complexity index is 707. The highest BCUT2D eigenvalue weighted by Crippen LogP contribution is 2.38. The van der Waals surface area contributed by atoms with Crippen LogP contribution in [0.5, 0.6) is 0 Å². The summed E-state index contributed by atoms with van der Waals surface area (Å²) in [6, 6.07) is 10.8. The predicted octanol–water partition coefficient (Wildman–Crippen LogP) is 2.83. The van der Waals surface area contributed by atoms with E-state index in [0.29, 0.717) is 6.04 Å². The third-order valence-electron chi connectivity index (χ3n) is 3.39. The first-order chi connectivity index (χ1) is 8.93. The van der Waals surface area contributed by atoms with Gasteiger partial charge in [0.25, 0.3) is 0 Å². The molecule has 0 N–H and O–H groups in total. The van der Waals surface area contributed by atoms with Crippen LogP contribution < -0.4 is 0 Å².